The molecule has 0 bridgehead atoms. The van der Waals surface area contributed by atoms with Crippen LogP contribution in [0.2, 0.25) is 0 Å². The number of pyridine rings is 1. The molecule has 94 valence electrons. The smallest absolute Gasteiger partial charge is 0.267 e. The number of hydrogen-bond acceptors (Lipinski definition) is 3. The molecule has 1 atom stereocenters. The van der Waals surface area contributed by atoms with Gasteiger partial charge in [0, 0.05) is 25.9 Å². The zero-order chi connectivity index (χ0) is 12.3. The first kappa shape index (κ1) is 12.2. The Hall–Kier alpha value is -1.23. The fourth-order valence-electron chi connectivity index (χ4n) is 2.25. The predicted molar refractivity (Wildman–Crippen MR) is 61.2 cm³/mol. The first-order valence-electron chi connectivity index (χ1n) is 5.81. The van der Waals surface area contributed by atoms with Crippen molar-refractivity contribution in [2.75, 3.05) is 24.6 Å². The molecule has 2 heterocycles. The van der Waals surface area contributed by atoms with E-state index in [4.69, 9.17) is 5.11 Å². The molecule has 3 nitrogen and oxygen atoms in total. The van der Waals surface area contributed by atoms with Crippen molar-refractivity contribution in [2.24, 2.45) is 5.92 Å². The van der Waals surface area contributed by atoms with Gasteiger partial charge in [0.25, 0.3) is 6.43 Å². The quantitative estimate of drug-likeness (QED) is 0.883. The second kappa shape index (κ2) is 5.40. The standard InChI is InChI=1S/C12H16F2N2O/c13-11(14)10-4-1-5-15-12(10)16-6-2-3-9(7-16)8-17/h1,4-5,9,11,17H,2-3,6-8H2. The third-order valence-corrected chi connectivity index (χ3v) is 3.13. The van der Waals surface area contributed by atoms with Gasteiger partial charge in [-0.05, 0) is 30.9 Å². The number of aliphatic hydroxyl groups is 1. The molecule has 1 unspecified atom stereocenters. The monoisotopic (exact) mass is 242 g/mol. The third-order valence-electron chi connectivity index (χ3n) is 3.13. The van der Waals surface area contributed by atoms with E-state index in [1.807, 2.05) is 4.90 Å². The van der Waals surface area contributed by atoms with Gasteiger partial charge in [0.1, 0.15) is 5.82 Å². The van der Waals surface area contributed by atoms with Crippen LogP contribution >= 0.6 is 0 Å². The van der Waals surface area contributed by atoms with Gasteiger partial charge in [-0.1, -0.05) is 0 Å². The second-order valence-corrected chi connectivity index (χ2v) is 4.35. The van der Waals surface area contributed by atoms with Crippen molar-refractivity contribution < 1.29 is 13.9 Å². The van der Waals surface area contributed by atoms with Crippen LogP contribution in [0.5, 0.6) is 0 Å². The Bertz CT molecular complexity index is 373. The highest BCUT2D eigenvalue weighted by atomic mass is 19.3. The normalized spacial score (nSPS) is 20.9. The van der Waals surface area contributed by atoms with E-state index in [0.29, 0.717) is 12.4 Å². The summed E-state index contributed by atoms with van der Waals surface area (Å²) in [4.78, 5) is 5.91. The largest absolute Gasteiger partial charge is 0.396 e. The molecule has 0 amide bonds. The third kappa shape index (κ3) is 2.72. The average molecular weight is 242 g/mol. The molecule has 17 heavy (non-hydrogen) atoms. The number of rotatable bonds is 3. The summed E-state index contributed by atoms with van der Waals surface area (Å²) in [5.74, 6) is 0.525. The van der Waals surface area contributed by atoms with Gasteiger partial charge in [-0.25, -0.2) is 13.8 Å². The SMILES string of the molecule is OCC1CCCN(c2ncccc2C(F)F)C1. The summed E-state index contributed by atoms with van der Waals surface area (Å²) >= 11 is 0. The maximum absolute atomic E-state index is 12.8. The van der Waals surface area contributed by atoms with Crippen molar-refractivity contribution in [1.82, 2.24) is 4.98 Å². The molecular formula is C12H16F2N2O. The molecule has 0 aromatic carbocycles. The van der Waals surface area contributed by atoms with E-state index in [2.05, 4.69) is 4.98 Å². The van der Waals surface area contributed by atoms with Crippen LogP contribution in [0.4, 0.5) is 14.6 Å². The molecule has 1 fully saturated rings. The second-order valence-electron chi connectivity index (χ2n) is 4.35. The van der Waals surface area contributed by atoms with Gasteiger partial charge < -0.3 is 10.0 Å². The minimum Gasteiger partial charge on any atom is -0.396 e. The van der Waals surface area contributed by atoms with Crippen molar-refractivity contribution in [2.45, 2.75) is 19.3 Å². The Kier molecular flexibility index (Phi) is 3.89. The topological polar surface area (TPSA) is 36.4 Å². The van der Waals surface area contributed by atoms with E-state index in [1.165, 1.54) is 18.3 Å². The summed E-state index contributed by atoms with van der Waals surface area (Å²) in [6, 6.07) is 2.94. The van der Waals surface area contributed by atoms with E-state index >= 15 is 0 Å². The van der Waals surface area contributed by atoms with Crippen LogP contribution in [0, 0.1) is 5.92 Å². The molecule has 1 aliphatic heterocycles. The highest BCUT2D eigenvalue weighted by Gasteiger charge is 2.24. The zero-order valence-electron chi connectivity index (χ0n) is 9.52. The van der Waals surface area contributed by atoms with E-state index in [1.54, 1.807) is 0 Å². The number of hydrogen-bond donors (Lipinski definition) is 1. The van der Waals surface area contributed by atoms with Crippen molar-refractivity contribution in [3.05, 3.63) is 23.9 Å². The Morgan fingerprint density at radius 1 is 1.53 bits per heavy atom. The van der Waals surface area contributed by atoms with Crippen LogP contribution in [0.15, 0.2) is 18.3 Å². The minimum atomic E-state index is -2.51. The lowest BCUT2D eigenvalue weighted by Gasteiger charge is -2.33. The highest BCUT2D eigenvalue weighted by molar-refractivity contribution is 5.47. The summed E-state index contributed by atoms with van der Waals surface area (Å²) in [7, 11) is 0. The van der Waals surface area contributed by atoms with Gasteiger partial charge in [-0.3, -0.25) is 0 Å². The summed E-state index contributed by atoms with van der Waals surface area (Å²) in [5.41, 5.74) is -0.0221. The van der Waals surface area contributed by atoms with Crippen LogP contribution in [-0.2, 0) is 0 Å². The summed E-state index contributed by atoms with van der Waals surface area (Å²) in [6.45, 7) is 1.44. The Balaban J connectivity index is 2.21. The molecule has 0 radical (unpaired) electrons. The number of alkyl halides is 2. The molecule has 0 spiro atoms. The number of anilines is 1. The van der Waals surface area contributed by atoms with Crippen molar-refractivity contribution in [3.8, 4) is 0 Å². The molecule has 1 N–H and O–H groups in total. The lowest BCUT2D eigenvalue weighted by Crippen LogP contribution is -2.37. The Morgan fingerprint density at radius 2 is 2.35 bits per heavy atom. The maximum Gasteiger partial charge on any atom is 0.267 e. The van der Waals surface area contributed by atoms with Gasteiger partial charge in [0.2, 0.25) is 0 Å². The molecule has 1 aromatic rings. The predicted octanol–water partition coefficient (Wildman–Crippen LogP) is 2.23. The first-order valence-corrected chi connectivity index (χ1v) is 5.81. The summed E-state index contributed by atoms with van der Waals surface area (Å²) in [6.07, 6.45) is 0.881. The van der Waals surface area contributed by atoms with E-state index < -0.39 is 6.43 Å². The highest BCUT2D eigenvalue weighted by Crippen LogP contribution is 2.30. The van der Waals surface area contributed by atoms with Crippen LogP contribution in [0.3, 0.4) is 0 Å². The minimum absolute atomic E-state index is 0.0221. The molecule has 1 aromatic heterocycles. The van der Waals surface area contributed by atoms with Gasteiger partial charge >= 0.3 is 0 Å². The van der Waals surface area contributed by atoms with E-state index in [9.17, 15) is 8.78 Å². The van der Waals surface area contributed by atoms with E-state index in [-0.39, 0.29) is 18.1 Å². The maximum atomic E-state index is 12.8. The van der Waals surface area contributed by atoms with Crippen LogP contribution in [-0.4, -0.2) is 29.8 Å². The number of halogens is 2. The van der Waals surface area contributed by atoms with Crippen molar-refractivity contribution in [3.63, 3.8) is 0 Å². The van der Waals surface area contributed by atoms with Crippen LogP contribution in [0.1, 0.15) is 24.8 Å². The average Bonchev–Trinajstić information content (AvgIpc) is 2.39. The molecule has 0 aliphatic carbocycles. The molecule has 5 heteroatoms. The molecule has 1 aliphatic rings. The number of aliphatic hydroxyl groups excluding tert-OH is 1. The fourth-order valence-corrected chi connectivity index (χ4v) is 2.25. The number of piperidine rings is 1. The van der Waals surface area contributed by atoms with Crippen LogP contribution < -0.4 is 4.90 Å². The van der Waals surface area contributed by atoms with Crippen molar-refractivity contribution in [1.29, 1.82) is 0 Å². The first-order chi connectivity index (χ1) is 8.22. The lowest BCUT2D eigenvalue weighted by atomic mass is 9.99. The zero-order valence-corrected chi connectivity index (χ0v) is 9.52. The lowest BCUT2D eigenvalue weighted by molar-refractivity contribution is 0.151. The number of aromatic nitrogens is 1. The van der Waals surface area contributed by atoms with Gasteiger partial charge in [-0.15, -0.1) is 0 Å². The van der Waals surface area contributed by atoms with Crippen LogP contribution in [0.25, 0.3) is 0 Å². The fraction of sp³-hybridized carbons (Fsp3) is 0.583. The van der Waals surface area contributed by atoms with Crippen molar-refractivity contribution >= 4 is 5.82 Å². The Labute approximate surface area is 99.1 Å². The summed E-state index contributed by atoms with van der Waals surface area (Å²) < 4.78 is 25.7. The van der Waals surface area contributed by atoms with Gasteiger partial charge in [-0.2, -0.15) is 0 Å². The molecule has 1 saturated heterocycles. The molecule has 0 saturated carbocycles. The molecular weight excluding hydrogens is 226 g/mol. The Morgan fingerprint density at radius 3 is 3.06 bits per heavy atom. The number of nitrogens with zero attached hydrogens (tertiary/aromatic N) is 2. The van der Waals surface area contributed by atoms with Gasteiger partial charge in [0.05, 0.1) is 5.56 Å². The molecule has 2 rings (SSSR count). The summed E-state index contributed by atoms with van der Waals surface area (Å²) in [5, 5.41) is 9.14. The van der Waals surface area contributed by atoms with Gasteiger partial charge in [0.15, 0.2) is 0 Å². The van der Waals surface area contributed by atoms with E-state index in [0.717, 1.165) is 19.4 Å².